The third kappa shape index (κ3) is 5.88. The highest BCUT2D eigenvalue weighted by atomic mass is 32.2. The number of thioether (sulfide) groups is 1. The highest BCUT2D eigenvalue weighted by Crippen LogP contribution is 2.21. The summed E-state index contributed by atoms with van der Waals surface area (Å²) in [5.41, 5.74) is 2.96. The maximum absolute atomic E-state index is 13.5. The average molecular weight is 504 g/mol. The second kappa shape index (κ2) is 11.3. The van der Waals surface area contributed by atoms with Crippen LogP contribution in [0.1, 0.15) is 45.2 Å². The Hall–Kier alpha value is -3.78. The number of nitrogens with one attached hydrogen (secondary N) is 1. The summed E-state index contributed by atoms with van der Waals surface area (Å²) in [6.07, 6.45) is 0.810. The number of aryl methyl sites for hydroxylation is 1. The Balaban J connectivity index is 1.71. The van der Waals surface area contributed by atoms with Crippen LogP contribution in [0.15, 0.2) is 76.7 Å². The molecular weight excluding hydrogens is 477 g/mol. The zero-order valence-electron chi connectivity index (χ0n) is 20.1. The minimum absolute atomic E-state index is 0.0220. The van der Waals surface area contributed by atoms with Crippen molar-refractivity contribution >= 4 is 34.4 Å². The summed E-state index contributed by atoms with van der Waals surface area (Å²) in [6.45, 7) is 4.79. The average Bonchev–Trinajstić information content (AvgIpc) is 2.89. The number of halogens is 1. The number of fused-ring (bicyclic) bond motifs is 1. The Morgan fingerprint density at radius 2 is 1.69 bits per heavy atom. The number of hydrogen-bond donors (Lipinski definition) is 1. The van der Waals surface area contributed by atoms with Crippen LogP contribution in [0.4, 0.5) is 4.39 Å². The molecule has 4 aromatic rings. The van der Waals surface area contributed by atoms with Crippen molar-refractivity contribution in [3.63, 3.8) is 0 Å². The van der Waals surface area contributed by atoms with Crippen molar-refractivity contribution in [3.05, 3.63) is 105 Å². The van der Waals surface area contributed by atoms with E-state index in [9.17, 15) is 18.8 Å². The predicted molar refractivity (Wildman–Crippen MR) is 140 cm³/mol. The Morgan fingerprint density at radius 3 is 2.39 bits per heavy atom. The molecule has 3 aromatic carbocycles. The molecule has 1 heterocycles. The Bertz CT molecular complexity index is 1460. The van der Waals surface area contributed by atoms with Gasteiger partial charge in [0.1, 0.15) is 5.82 Å². The molecule has 0 unspecified atom stereocenters. The van der Waals surface area contributed by atoms with E-state index in [0.29, 0.717) is 33.7 Å². The fraction of sp³-hybridized carbons (Fsp3) is 0.214. The summed E-state index contributed by atoms with van der Waals surface area (Å²) in [5, 5.41) is 3.59. The summed E-state index contributed by atoms with van der Waals surface area (Å²) < 4.78 is 14.8. The number of rotatable bonds is 9. The molecule has 36 heavy (non-hydrogen) atoms. The maximum atomic E-state index is 13.5. The van der Waals surface area contributed by atoms with Gasteiger partial charge < -0.3 is 5.32 Å². The number of aromatic nitrogens is 2. The van der Waals surface area contributed by atoms with E-state index in [1.807, 2.05) is 38.1 Å². The molecular formula is C28H26FN3O3S. The second-order valence-corrected chi connectivity index (χ2v) is 9.42. The first-order valence-corrected chi connectivity index (χ1v) is 12.6. The molecule has 0 spiro atoms. The van der Waals surface area contributed by atoms with Crippen molar-refractivity contribution in [1.29, 1.82) is 0 Å². The SMILES string of the molecule is CCCNC(=O)c1ccc2c(=O)n(Cc3ccc(C)cc3)c(SCC(=O)c3ccc(F)cc3)nc2c1. The van der Waals surface area contributed by atoms with Crippen molar-refractivity contribution in [2.75, 3.05) is 12.3 Å². The first-order valence-electron chi connectivity index (χ1n) is 11.7. The van der Waals surface area contributed by atoms with Crippen LogP contribution in [0.3, 0.4) is 0 Å². The van der Waals surface area contributed by atoms with E-state index in [-0.39, 0.29) is 29.5 Å². The molecule has 1 N–H and O–H groups in total. The Kier molecular flexibility index (Phi) is 7.95. The molecule has 8 heteroatoms. The number of benzene rings is 3. The lowest BCUT2D eigenvalue weighted by atomic mass is 10.1. The topological polar surface area (TPSA) is 81.1 Å². The number of carbonyl (C=O) groups excluding carboxylic acids is 2. The molecule has 6 nitrogen and oxygen atoms in total. The van der Waals surface area contributed by atoms with Crippen molar-refractivity contribution in [1.82, 2.24) is 14.9 Å². The van der Waals surface area contributed by atoms with Crippen LogP contribution in [-0.2, 0) is 6.54 Å². The number of amides is 1. The monoisotopic (exact) mass is 503 g/mol. The zero-order valence-corrected chi connectivity index (χ0v) is 20.9. The Labute approximate surface area is 212 Å². The van der Waals surface area contributed by atoms with Crippen LogP contribution >= 0.6 is 11.8 Å². The quantitative estimate of drug-likeness (QED) is 0.197. The number of Topliss-reactive ketones (excluding diaryl/α,β-unsaturated/α-hetero) is 1. The highest BCUT2D eigenvalue weighted by molar-refractivity contribution is 7.99. The van der Waals surface area contributed by atoms with Gasteiger partial charge in [-0.15, -0.1) is 0 Å². The van der Waals surface area contributed by atoms with E-state index in [1.54, 1.807) is 22.8 Å². The predicted octanol–water partition coefficient (Wildman–Crippen LogP) is 5.01. The molecule has 0 saturated carbocycles. The molecule has 4 rings (SSSR count). The molecule has 0 aliphatic carbocycles. The molecule has 0 bridgehead atoms. The second-order valence-electron chi connectivity index (χ2n) is 8.48. The normalized spacial score (nSPS) is 11.0. The van der Waals surface area contributed by atoms with Gasteiger partial charge in [0.2, 0.25) is 0 Å². The van der Waals surface area contributed by atoms with Crippen LogP contribution in [-0.4, -0.2) is 33.5 Å². The van der Waals surface area contributed by atoms with Gasteiger partial charge in [-0.2, -0.15) is 0 Å². The van der Waals surface area contributed by atoms with E-state index in [0.717, 1.165) is 29.3 Å². The lowest BCUT2D eigenvalue weighted by Crippen LogP contribution is -2.26. The summed E-state index contributed by atoms with van der Waals surface area (Å²) in [6, 6.07) is 18.0. The first kappa shape index (κ1) is 25.3. The fourth-order valence-corrected chi connectivity index (χ4v) is 4.55. The molecule has 1 amide bonds. The van der Waals surface area contributed by atoms with Gasteiger partial charge in [0.05, 0.1) is 23.2 Å². The van der Waals surface area contributed by atoms with Crippen LogP contribution in [0.5, 0.6) is 0 Å². The van der Waals surface area contributed by atoms with Gasteiger partial charge in [-0.25, -0.2) is 9.37 Å². The number of hydrogen-bond acceptors (Lipinski definition) is 5. The van der Waals surface area contributed by atoms with E-state index in [2.05, 4.69) is 10.3 Å². The van der Waals surface area contributed by atoms with Crippen LogP contribution < -0.4 is 10.9 Å². The lowest BCUT2D eigenvalue weighted by Gasteiger charge is -2.14. The van der Waals surface area contributed by atoms with Gasteiger partial charge in [0.25, 0.3) is 11.5 Å². The zero-order chi connectivity index (χ0) is 25.7. The van der Waals surface area contributed by atoms with Crippen LogP contribution in [0, 0.1) is 12.7 Å². The van der Waals surface area contributed by atoms with E-state index >= 15 is 0 Å². The molecule has 0 fully saturated rings. The largest absolute Gasteiger partial charge is 0.352 e. The molecule has 0 saturated heterocycles. The summed E-state index contributed by atoms with van der Waals surface area (Å²) in [5.74, 6) is -0.830. The smallest absolute Gasteiger partial charge is 0.262 e. The summed E-state index contributed by atoms with van der Waals surface area (Å²) in [4.78, 5) is 43.4. The highest BCUT2D eigenvalue weighted by Gasteiger charge is 2.16. The minimum atomic E-state index is -0.416. The standard InChI is InChI=1S/C28H26FN3O3S/c1-3-14-30-26(34)21-10-13-23-24(15-21)31-28(36-17-25(33)20-8-11-22(29)12-9-20)32(27(23)35)16-19-6-4-18(2)5-7-19/h4-13,15H,3,14,16-17H2,1-2H3,(H,30,34). The van der Waals surface area contributed by atoms with Crippen molar-refractivity contribution in [3.8, 4) is 0 Å². The molecule has 0 aliphatic heterocycles. The van der Waals surface area contributed by atoms with Gasteiger partial charge in [-0.1, -0.05) is 48.5 Å². The van der Waals surface area contributed by atoms with E-state index < -0.39 is 5.82 Å². The third-order valence-electron chi connectivity index (χ3n) is 5.68. The maximum Gasteiger partial charge on any atom is 0.262 e. The van der Waals surface area contributed by atoms with Crippen molar-refractivity contribution in [2.45, 2.75) is 32.0 Å². The van der Waals surface area contributed by atoms with Crippen LogP contribution in [0.25, 0.3) is 10.9 Å². The molecule has 0 radical (unpaired) electrons. The number of carbonyl (C=O) groups is 2. The number of ketones is 1. The van der Waals surface area contributed by atoms with Gasteiger partial charge >= 0.3 is 0 Å². The van der Waals surface area contributed by atoms with Gasteiger partial charge in [0, 0.05) is 17.7 Å². The van der Waals surface area contributed by atoms with Gasteiger partial charge in [0.15, 0.2) is 10.9 Å². The van der Waals surface area contributed by atoms with Gasteiger partial charge in [-0.3, -0.25) is 19.0 Å². The molecule has 0 atom stereocenters. The number of nitrogens with zero attached hydrogens (tertiary/aromatic N) is 2. The minimum Gasteiger partial charge on any atom is -0.352 e. The van der Waals surface area contributed by atoms with E-state index in [4.69, 9.17) is 0 Å². The fourth-order valence-electron chi connectivity index (χ4n) is 3.66. The van der Waals surface area contributed by atoms with Crippen molar-refractivity contribution in [2.24, 2.45) is 0 Å². The summed E-state index contributed by atoms with van der Waals surface area (Å²) in [7, 11) is 0. The van der Waals surface area contributed by atoms with Gasteiger partial charge in [-0.05, 0) is 61.4 Å². The van der Waals surface area contributed by atoms with Crippen molar-refractivity contribution < 1.29 is 14.0 Å². The third-order valence-corrected chi connectivity index (χ3v) is 6.65. The summed E-state index contributed by atoms with van der Waals surface area (Å²) >= 11 is 1.14. The Morgan fingerprint density at radius 1 is 1.00 bits per heavy atom. The van der Waals surface area contributed by atoms with E-state index in [1.165, 1.54) is 24.3 Å². The molecule has 184 valence electrons. The van der Waals surface area contributed by atoms with Crippen LogP contribution in [0.2, 0.25) is 0 Å². The molecule has 0 aliphatic rings. The first-order chi connectivity index (χ1) is 17.4. The lowest BCUT2D eigenvalue weighted by molar-refractivity contribution is 0.0952. The molecule has 1 aromatic heterocycles.